The lowest BCUT2D eigenvalue weighted by atomic mass is 9.77. The van der Waals surface area contributed by atoms with Crippen LogP contribution in [0.4, 0.5) is 5.69 Å². The van der Waals surface area contributed by atoms with Crippen LogP contribution in [-0.4, -0.2) is 51.5 Å². The van der Waals surface area contributed by atoms with E-state index < -0.39 is 0 Å². The van der Waals surface area contributed by atoms with Gasteiger partial charge in [-0.05, 0) is 119 Å². The van der Waals surface area contributed by atoms with Crippen molar-refractivity contribution in [3.8, 4) is 0 Å². The highest BCUT2D eigenvalue weighted by Gasteiger charge is 2.26. The number of anilines is 1. The summed E-state index contributed by atoms with van der Waals surface area (Å²) in [6.45, 7) is 10.5. The molecular weight excluding hydrogens is 538 g/mol. The summed E-state index contributed by atoms with van der Waals surface area (Å²) in [5.74, 6) is 2.30. The Balaban J connectivity index is 0.000000203. The van der Waals surface area contributed by atoms with Gasteiger partial charge in [-0.3, -0.25) is 9.59 Å². The highest BCUT2D eigenvalue weighted by Crippen LogP contribution is 2.38. The van der Waals surface area contributed by atoms with E-state index >= 15 is 0 Å². The minimum atomic E-state index is -0.0317. The van der Waals surface area contributed by atoms with Crippen molar-refractivity contribution in [1.82, 2.24) is 0 Å². The van der Waals surface area contributed by atoms with E-state index in [9.17, 15) is 9.59 Å². The second-order valence-corrected chi connectivity index (χ2v) is 12.6. The van der Waals surface area contributed by atoms with Crippen LogP contribution in [0, 0.1) is 18.8 Å². The number of esters is 2. The quantitative estimate of drug-likeness (QED) is 0.276. The third-order valence-electron chi connectivity index (χ3n) is 9.50. The fraction of sp³-hybridized carbons (Fsp3) is 0.622. The molecule has 0 amide bonds. The first-order valence-corrected chi connectivity index (χ1v) is 16.8. The largest absolute Gasteiger partial charge is 0.466 e. The monoisotopic (exact) mass is 591 g/mol. The van der Waals surface area contributed by atoms with Crippen molar-refractivity contribution in [3.05, 3.63) is 65.2 Å². The van der Waals surface area contributed by atoms with Crippen molar-refractivity contribution in [2.45, 2.75) is 96.8 Å². The van der Waals surface area contributed by atoms with Crippen molar-refractivity contribution in [2.75, 3.05) is 44.4 Å². The van der Waals surface area contributed by atoms with E-state index in [1.54, 1.807) is 0 Å². The average molecular weight is 592 g/mol. The summed E-state index contributed by atoms with van der Waals surface area (Å²) in [4.78, 5) is 25.5. The van der Waals surface area contributed by atoms with Gasteiger partial charge in [0.2, 0.25) is 0 Å². The van der Waals surface area contributed by atoms with Crippen LogP contribution in [0.15, 0.2) is 48.5 Å². The summed E-state index contributed by atoms with van der Waals surface area (Å²) < 4.78 is 15.5. The zero-order chi connectivity index (χ0) is 30.4. The van der Waals surface area contributed by atoms with Gasteiger partial charge in [-0.2, -0.15) is 0 Å². The minimum absolute atomic E-state index is 0.0266. The molecule has 1 heterocycles. The van der Waals surface area contributed by atoms with Gasteiger partial charge in [0.25, 0.3) is 0 Å². The number of nitrogens with zero attached hydrogens (tertiary/aromatic N) is 1. The molecule has 2 aromatic carbocycles. The molecule has 1 saturated heterocycles. The third-order valence-corrected chi connectivity index (χ3v) is 9.50. The van der Waals surface area contributed by atoms with Crippen LogP contribution in [0.3, 0.4) is 0 Å². The summed E-state index contributed by atoms with van der Waals surface area (Å²) in [5, 5.41) is 0. The predicted molar refractivity (Wildman–Crippen MR) is 173 cm³/mol. The summed E-state index contributed by atoms with van der Waals surface area (Å²) in [6.07, 6.45) is 10.5. The normalized spacial score (nSPS) is 23.9. The van der Waals surface area contributed by atoms with E-state index in [1.807, 2.05) is 13.8 Å². The fourth-order valence-corrected chi connectivity index (χ4v) is 6.93. The van der Waals surface area contributed by atoms with Crippen LogP contribution in [0.5, 0.6) is 0 Å². The maximum absolute atomic E-state index is 11.6. The number of carbonyl (C=O) groups is 2. The number of hydrogen-bond acceptors (Lipinski definition) is 6. The molecular formula is C37H53NO5. The predicted octanol–water partition coefficient (Wildman–Crippen LogP) is 7.97. The maximum atomic E-state index is 11.6. The smallest absolute Gasteiger partial charge is 0.306 e. The number of rotatable bonds is 9. The molecule has 0 atom stereocenters. The van der Waals surface area contributed by atoms with Gasteiger partial charge in [-0.25, -0.2) is 0 Å². The Hall–Kier alpha value is -2.86. The van der Waals surface area contributed by atoms with E-state index in [1.165, 1.54) is 48.1 Å². The van der Waals surface area contributed by atoms with Crippen molar-refractivity contribution in [3.63, 3.8) is 0 Å². The topological polar surface area (TPSA) is 65.1 Å². The number of morpholine rings is 1. The molecule has 3 aliphatic rings. The zero-order valence-electron chi connectivity index (χ0n) is 26.7. The maximum Gasteiger partial charge on any atom is 0.306 e. The lowest BCUT2D eigenvalue weighted by Gasteiger charge is -2.30. The Morgan fingerprint density at radius 1 is 0.674 bits per heavy atom. The number of hydrogen-bond donors (Lipinski definition) is 0. The molecule has 0 radical (unpaired) electrons. The number of carbonyl (C=O) groups excluding carboxylic acids is 2. The molecule has 2 aliphatic carbocycles. The first-order valence-electron chi connectivity index (χ1n) is 16.8. The molecule has 0 spiro atoms. The van der Waals surface area contributed by atoms with Crippen molar-refractivity contribution < 1.29 is 23.8 Å². The van der Waals surface area contributed by atoms with Crippen LogP contribution in [0.1, 0.15) is 107 Å². The van der Waals surface area contributed by atoms with Gasteiger partial charge in [0.15, 0.2) is 0 Å². The molecule has 2 aromatic rings. The Kier molecular flexibility index (Phi) is 13.4. The summed E-state index contributed by atoms with van der Waals surface area (Å²) in [6, 6.07) is 18.0. The Morgan fingerprint density at radius 2 is 1.09 bits per heavy atom. The van der Waals surface area contributed by atoms with E-state index in [4.69, 9.17) is 14.2 Å². The molecule has 5 rings (SSSR count). The van der Waals surface area contributed by atoms with Crippen LogP contribution in [0.25, 0.3) is 0 Å². The first kappa shape index (κ1) is 33.0. The highest BCUT2D eigenvalue weighted by atomic mass is 16.5. The van der Waals surface area contributed by atoms with E-state index in [0.29, 0.717) is 49.7 Å². The molecule has 6 nitrogen and oxygen atoms in total. The van der Waals surface area contributed by atoms with E-state index in [0.717, 1.165) is 52.0 Å². The molecule has 0 unspecified atom stereocenters. The SMILES string of the molecule is CCOC(=O)CC1CCC(c2ccc(C)cc2)CC1.CCOC(=O)CC1CCC(c2ccc(N3CCOCC3)cc2)CC1. The third kappa shape index (κ3) is 10.7. The van der Waals surface area contributed by atoms with Crippen LogP contribution < -0.4 is 4.90 Å². The Labute approximate surface area is 259 Å². The second-order valence-electron chi connectivity index (χ2n) is 12.6. The Bertz CT molecular complexity index is 1090. The van der Waals surface area contributed by atoms with Gasteiger partial charge >= 0.3 is 11.9 Å². The van der Waals surface area contributed by atoms with Gasteiger partial charge in [-0.15, -0.1) is 0 Å². The number of ether oxygens (including phenoxy) is 3. The lowest BCUT2D eigenvalue weighted by Crippen LogP contribution is -2.36. The fourth-order valence-electron chi connectivity index (χ4n) is 6.93. The summed E-state index contributed by atoms with van der Waals surface area (Å²) in [7, 11) is 0. The van der Waals surface area contributed by atoms with Gasteiger partial charge in [0.1, 0.15) is 0 Å². The summed E-state index contributed by atoms with van der Waals surface area (Å²) >= 11 is 0. The van der Waals surface area contributed by atoms with Gasteiger partial charge in [0.05, 0.1) is 26.4 Å². The molecule has 6 heteroatoms. The summed E-state index contributed by atoms with van der Waals surface area (Å²) in [5.41, 5.74) is 5.53. The van der Waals surface area contributed by atoms with Gasteiger partial charge in [-0.1, -0.05) is 42.0 Å². The van der Waals surface area contributed by atoms with Crippen LogP contribution >= 0.6 is 0 Å². The van der Waals surface area contributed by atoms with Crippen LogP contribution in [-0.2, 0) is 23.8 Å². The van der Waals surface area contributed by atoms with Crippen molar-refractivity contribution in [1.29, 1.82) is 0 Å². The van der Waals surface area contributed by atoms with Crippen molar-refractivity contribution in [2.24, 2.45) is 11.8 Å². The van der Waals surface area contributed by atoms with E-state index in [2.05, 4.69) is 60.4 Å². The van der Waals surface area contributed by atoms with Gasteiger partial charge in [0, 0.05) is 31.6 Å². The first-order chi connectivity index (χ1) is 20.9. The van der Waals surface area contributed by atoms with Gasteiger partial charge < -0.3 is 19.1 Å². The minimum Gasteiger partial charge on any atom is -0.466 e. The molecule has 0 bridgehead atoms. The standard InChI is InChI=1S/C20H29NO3.C17H24O2/c1-2-24-20(22)15-16-3-5-17(6-4-16)18-7-9-19(10-8-18)21-11-13-23-14-12-21;1-3-19-17(18)12-14-6-10-16(11-7-14)15-8-4-13(2)5-9-15/h7-10,16-17H,2-6,11-15H2,1H3;4-5,8-9,14,16H,3,6-7,10-12H2,1-2H3. The Morgan fingerprint density at radius 3 is 1.51 bits per heavy atom. The molecule has 1 aliphatic heterocycles. The molecule has 0 aromatic heterocycles. The molecule has 236 valence electrons. The molecule has 0 N–H and O–H groups in total. The lowest BCUT2D eigenvalue weighted by molar-refractivity contribution is -0.145. The molecule has 3 fully saturated rings. The van der Waals surface area contributed by atoms with Crippen molar-refractivity contribution >= 4 is 17.6 Å². The van der Waals surface area contributed by atoms with Crippen LogP contribution in [0.2, 0.25) is 0 Å². The number of benzene rings is 2. The molecule has 2 saturated carbocycles. The van der Waals surface area contributed by atoms with E-state index in [-0.39, 0.29) is 11.9 Å². The molecule has 43 heavy (non-hydrogen) atoms. The zero-order valence-corrected chi connectivity index (χ0v) is 26.7. The number of aryl methyl sites for hydroxylation is 1. The highest BCUT2D eigenvalue weighted by molar-refractivity contribution is 5.70. The average Bonchev–Trinajstić information content (AvgIpc) is 3.03. The second kappa shape index (κ2) is 17.4.